The van der Waals surface area contributed by atoms with Gasteiger partial charge in [-0.25, -0.2) is 9.97 Å². The van der Waals surface area contributed by atoms with Gasteiger partial charge in [-0.1, -0.05) is 37.6 Å². The molecular weight excluding hydrogens is 546 g/mol. The SMILES string of the molecule is CC(C)(c1ccc(OCc2ccnc(N3CCN(C4CCN(CC5CNC5)C4)CC3)n2)cc1)c1cc(Cl)cc(C#N)c1. The number of nitrogens with one attached hydrogen (secondary N) is 1. The van der Waals surface area contributed by atoms with Crippen LogP contribution in [0, 0.1) is 17.2 Å². The number of anilines is 1. The van der Waals surface area contributed by atoms with Crippen LogP contribution in [0.25, 0.3) is 0 Å². The van der Waals surface area contributed by atoms with Crippen LogP contribution < -0.4 is 15.0 Å². The molecule has 0 aliphatic carbocycles. The van der Waals surface area contributed by atoms with Crippen molar-refractivity contribution in [3.8, 4) is 11.8 Å². The molecule has 0 spiro atoms. The summed E-state index contributed by atoms with van der Waals surface area (Å²) in [7, 11) is 0. The minimum absolute atomic E-state index is 0.314. The third-order valence-electron chi connectivity index (χ3n) is 9.16. The summed E-state index contributed by atoms with van der Waals surface area (Å²) in [5.41, 5.74) is 3.24. The van der Waals surface area contributed by atoms with Crippen LogP contribution in [-0.2, 0) is 12.0 Å². The molecule has 220 valence electrons. The maximum Gasteiger partial charge on any atom is 0.225 e. The van der Waals surface area contributed by atoms with Gasteiger partial charge >= 0.3 is 0 Å². The number of halogens is 1. The molecule has 6 rings (SSSR count). The number of hydrogen-bond acceptors (Lipinski definition) is 8. The summed E-state index contributed by atoms with van der Waals surface area (Å²) in [6.45, 7) is 14.7. The first-order valence-electron chi connectivity index (χ1n) is 15.1. The lowest BCUT2D eigenvalue weighted by atomic mass is 9.78. The highest BCUT2D eigenvalue weighted by molar-refractivity contribution is 6.30. The summed E-state index contributed by atoms with van der Waals surface area (Å²) >= 11 is 6.28. The highest BCUT2D eigenvalue weighted by Crippen LogP contribution is 2.34. The number of aromatic nitrogens is 2. The molecule has 1 N–H and O–H groups in total. The third-order valence-corrected chi connectivity index (χ3v) is 9.37. The predicted octanol–water partition coefficient (Wildman–Crippen LogP) is 4.32. The van der Waals surface area contributed by atoms with Gasteiger partial charge in [-0.15, -0.1) is 0 Å². The molecule has 3 aromatic rings. The number of nitrogens with zero attached hydrogens (tertiary/aromatic N) is 6. The first-order chi connectivity index (χ1) is 20.4. The van der Waals surface area contributed by atoms with Crippen LogP contribution >= 0.6 is 11.6 Å². The number of rotatable bonds is 9. The molecular formula is C33H40ClN7O. The van der Waals surface area contributed by atoms with E-state index >= 15 is 0 Å². The lowest BCUT2D eigenvalue weighted by molar-refractivity contribution is 0.168. The maximum absolute atomic E-state index is 9.35. The van der Waals surface area contributed by atoms with E-state index in [1.165, 1.54) is 39.1 Å². The Morgan fingerprint density at radius 1 is 1.02 bits per heavy atom. The van der Waals surface area contributed by atoms with Gasteiger partial charge in [-0.05, 0) is 66.4 Å². The van der Waals surface area contributed by atoms with Gasteiger partial charge in [0.05, 0.1) is 17.3 Å². The standard InChI is InChI=1S/C33H40ClN7O/c1-33(2,27-15-24(18-35)16-28(34)17-27)26-3-5-31(6-4-26)42-23-29-7-9-37-32(38-29)41-13-11-40(12-14-41)30-8-10-39(22-30)21-25-19-36-20-25/h3-7,9,15-17,25,30,36H,8,10-14,19-23H2,1-2H3. The maximum atomic E-state index is 9.35. The summed E-state index contributed by atoms with van der Waals surface area (Å²) in [5.74, 6) is 2.42. The Bertz CT molecular complexity index is 1410. The summed E-state index contributed by atoms with van der Waals surface area (Å²) in [5, 5.41) is 13.3. The van der Waals surface area contributed by atoms with E-state index in [0.717, 1.165) is 60.6 Å². The van der Waals surface area contributed by atoms with Gasteiger partial charge < -0.3 is 19.9 Å². The second kappa shape index (κ2) is 12.6. The molecule has 0 bridgehead atoms. The van der Waals surface area contributed by atoms with Crippen molar-refractivity contribution >= 4 is 17.5 Å². The van der Waals surface area contributed by atoms with Crippen LogP contribution in [0.2, 0.25) is 5.02 Å². The Kier molecular flexibility index (Phi) is 8.64. The second-order valence-corrected chi connectivity index (χ2v) is 12.8. The first-order valence-corrected chi connectivity index (χ1v) is 15.4. The smallest absolute Gasteiger partial charge is 0.225 e. The van der Waals surface area contributed by atoms with Gasteiger partial charge in [0.15, 0.2) is 0 Å². The molecule has 2 aromatic carbocycles. The van der Waals surface area contributed by atoms with E-state index in [-0.39, 0.29) is 5.41 Å². The zero-order valence-electron chi connectivity index (χ0n) is 24.6. The van der Waals surface area contributed by atoms with Crippen molar-refractivity contribution in [3.05, 3.63) is 82.1 Å². The number of piperazine rings is 1. The second-order valence-electron chi connectivity index (χ2n) is 12.4. The van der Waals surface area contributed by atoms with Crippen molar-refractivity contribution in [3.63, 3.8) is 0 Å². The van der Waals surface area contributed by atoms with Crippen molar-refractivity contribution in [1.29, 1.82) is 5.26 Å². The minimum atomic E-state index is -0.314. The summed E-state index contributed by atoms with van der Waals surface area (Å²) < 4.78 is 6.11. The quantitative estimate of drug-likeness (QED) is 0.398. The fourth-order valence-electron chi connectivity index (χ4n) is 6.33. The number of hydrogen-bond donors (Lipinski definition) is 1. The van der Waals surface area contributed by atoms with E-state index in [2.05, 4.69) is 57.0 Å². The molecule has 8 nitrogen and oxygen atoms in total. The molecule has 4 heterocycles. The Hall–Kier alpha value is -3.22. The van der Waals surface area contributed by atoms with Crippen LogP contribution in [0.15, 0.2) is 54.7 Å². The molecule has 3 fully saturated rings. The highest BCUT2D eigenvalue weighted by Gasteiger charge is 2.32. The molecule has 1 atom stereocenters. The topological polar surface area (TPSA) is 80.6 Å². The summed E-state index contributed by atoms with van der Waals surface area (Å²) in [4.78, 5) is 17.1. The zero-order valence-corrected chi connectivity index (χ0v) is 25.4. The molecule has 1 aromatic heterocycles. The number of ether oxygens (including phenoxy) is 1. The van der Waals surface area contributed by atoms with Gasteiger partial charge in [0, 0.05) is 75.0 Å². The lowest BCUT2D eigenvalue weighted by Crippen LogP contribution is -2.52. The normalized spacial score (nSPS) is 20.3. The molecule has 42 heavy (non-hydrogen) atoms. The number of nitriles is 1. The molecule has 3 saturated heterocycles. The van der Waals surface area contributed by atoms with E-state index in [1.54, 1.807) is 6.07 Å². The van der Waals surface area contributed by atoms with Gasteiger partial charge in [0.25, 0.3) is 0 Å². The van der Waals surface area contributed by atoms with E-state index in [9.17, 15) is 5.26 Å². The van der Waals surface area contributed by atoms with Crippen LogP contribution in [-0.4, -0.2) is 84.7 Å². The molecule has 1 unspecified atom stereocenters. The minimum Gasteiger partial charge on any atom is -0.487 e. The molecule has 3 aliphatic rings. The molecule has 0 amide bonds. The van der Waals surface area contributed by atoms with E-state index in [4.69, 9.17) is 21.3 Å². The van der Waals surface area contributed by atoms with Crippen molar-refractivity contribution < 1.29 is 4.74 Å². The summed E-state index contributed by atoms with van der Waals surface area (Å²) in [6, 6.07) is 18.4. The Balaban J connectivity index is 1.01. The van der Waals surface area contributed by atoms with Crippen molar-refractivity contribution in [2.24, 2.45) is 5.92 Å². The Morgan fingerprint density at radius 3 is 2.52 bits per heavy atom. The lowest BCUT2D eigenvalue weighted by Gasteiger charge is -2.38. The highest BCUT2D eigenvalue weighted by atomic mass is 35.5. The average molecular weight is 586 g/mol. The molecule has 0 saturated carbocycles. The third kappa shape index (κ3) is 6.55. The van der Waals surface area contributed by atoms with E-state index in [0.29, 0.717) is 23.2 Å². The van der Waals surface area contributed by atoms with E-state index in [1.807, 2.05) is 36.5 Å². The van der Waals surface area contributed by atoms with Crippen LogP contribution in [0.5, 0.6) is 5.75 Å². The average Bonchev–Trinajstić information content (AvgIpc) is 3.47. The predicted molar refractivity (Wildman–Crippen MR) is 166 cm³/mol. The first kappa shape index (κ1) is 28.9. The Labute approximate surface area is 254 Å². The molecule has 0 radical (unpaired) electrons. The van der Waals surface area contributed by atoms with Crippen molar-refractivity contribution in [1.82, 2.24) is 25.1 Å². The van der Waals surface area contributed by atoms with Gasteiger partial charge in [-0.2, -0.15) is 5.26 Å². The monoisotopic (exact) mass is 585 g/mol. The van der Waals surface area contributed by atoms with E-state index < -0.39 is 0 Å². The number of benzene rings is 2. The van der Waals surface area contributed by atoms with Crippen LogP contribution in [0.3, 0.4) is 0 Å². The van der Waals surface area contributed by atoms with Crippen LogP contribution in [0.4, 0.5) is 5.95 Å². The van der Waals surface area contributed by atoms with Gasteiger partial charge in [0.2, 0.25) is 5.95 Å². The largest absolute Gasteiger partial charge is 0.487 e. The summed E-state index contributed by atoms with van der Waals surface area (Å²) in [6.07, 6.45) is 3.12. The van der Waals surface area contributed by atoms with Gasteiger partial charge in [0.1, 0.15) is 12.4 Å². The van der Waals surface area contributed by atoms with Crippen LogP contribution in [0.1, 0.15) is 42.7 Å². The fraction of sp³-hybridized carbons (Fsp3) is 0.485. The fourth-order valence-corrected chi connectivity index (χ4v) is 6.57. The zero-order chi connectivity index (χ0) is 29.1. The molecule has 3 aliphatic heterocycles. The molecule has 9 heteroatoms. The Morgan fingerprint density at radius 2 is 1.81 bits per heavy atom. The van der Waals surface area contributed by atoms with Crippen molar-refractivity contribution in [2.45, 2.75) is 38.3 Å². The number of likely N-dealkylation sites (tertiary alicyclic amines) is 1. The van der Waals surface area contributed by atoms with Crippen molar-refractivity contribution in [2.75, 3.05) is 63.8 Å². The van der Waals surface area contributed by atoms with Gasteiger partial charge in [-0.3, -0.25) is 4.90 Å².